The predicted octanol–water partition coefficient (Wildman–Crippen LogP) is 2.71. The molecule has 0 aliphatic rings. The van der Waals surface area contributed by atoms with Crippen LogP contribution in [0.4, 0.5) is 5.69 Å². The molecular formula is C17H19N5O. The number of benzene rings is 1. The number of anilines is 1. The molecule has 0 saturated carbocycles. The molecule has 0 spiro atoms. The third-order valence-corrected chi connectivity index (χ3v) is 3.60. The molecular weight excluding hydrogens is 290 g/mol. The van der Waals surface area contributed by atoms with Crippen LogP contribution in [-0.4, -0.2) is 25.5 Å². The smallest absolute Gasteiger partial charge is 0.259 e. The number of aryl methyl sites for hydroxylation is 2. The van der Waals surface area contributed by atoms with Gasteiger partial charge in [-0.3, -0.25) is 14.2 Å². The van der Waals surface area contributed by atoms with E-state index in [-0.39, 0.29) is 5.91 Å². The van der Waals surface area contributed by atoms with E-state index in [2.05, 4.69) is 15.5 Å². The third-order valence-electron chi connectivity index (χ3n) is 3.60. The highest BCUT2D eigenvalue weighted by Crippen LogP contribution is 2.14. The highest BCUT2D eigenvalue weighted by Gasteiger charge is 2.13. The first-order valence-corrected chi connectivity index (χ1v) is 7.57. The molecule has 6 heteroatoms. The largest absolute Gasteiger partial charge is 0.322 e. The zero-order chi connectivity index (χ0) is 16.2. The molecule has 0 saturated heterocycles. The number of hydrogen-bond acceptors (Lipinski definition) is 3. The molecule has 0 unspecified atom stereocenters. The Kier molecular flexibility index (Phi) is 4.23. The number of carbonyl (C=O) groups excluding carboxylic acids is 1. The van der Waals surface area contributed by atoms with Crippen molar-refractivity contribution in [3.8, 4) is 0 Å². The van der Waals surface area contributed by atoms with E-state index in [4.69, 9.17) is 0 Å². The van der Waals surface area contributed by atoms with Gasteiger partial charge in [0.1, 0.15) is 0 Å². The van der Waals surface area contributed by atoms with Crippen LogP contribution in [0, 0.1) is 6.92 Å². The Hall–Kier alpha value is -2.89. The summed E-state index contributed by atoms with van der Waals surface area (Å²) in [5.41, 5.74) is 3.18. The van der Waals surface area contributed by atoms with Crippen molar-refractivity contribution in [3.05, 3.63) is 65.7 Å². The van der Waals surface area contributed by atoms with E-state index in [9.17, 15) is 4.79 Å². The highest BCUT2D eigenvalue weighted by molar-refractivity contribution is 6.04. The van der Waals surface area contributed by atoms with Crippen LogP contribution in [0.25, 0.3) is 0 Å². The zero-order valence-electron chi connectivity index (χ0n) is 13.2. The van der Waals surface area contributed by atoms with Gasteiger partial charge >= 0.3 is 0 Å². The minimum absolute atomic E-state index is 0.140. The lowest BCUT2D eigenvalue weighted by Gasteiger charge is -2.07. The molecule has 1 aromatic carbocycles. The van der Waals surface area contributed by atoms with E-state index in [1.165, 1.54) is 0 Å². The van der Waals surface area contributed by atoms with Crippen LogP contribution in [-0.2, 0) is 13.1 Å². The molecule has 1 amide bonds. The number of rotatable bonds is 5. The molecule has 3 aromatic rings. The third kappa shape index (κ3) is 3.48. The monoisotopic (exact) mass is 309 g/mol. The maximum Gasteiger partial charge on any atom is 0.259 e. The molecule has 0 atom stereocenters. The van der Waals surface area contributed by atoms with Crippen LogP contribution >= 0.6 is 0 Å². The minimum atomic E-state index is -0.140. The van der Waals surface area contributed by atoms with Gasteiger partial charge in [0.25, 0.3) is 5.91 Å². The number of nitrogens with one attached hydrogen (secondary N) is 1. The zero-order valence-corrected chi connectivity index (χ0v) is 13.2. The molecule has 0 aliphatic heterocycles. The van der Waals surface area contributed by atoms with Crippen molar-refractivity contribution in [2.24, 2.45) is 0 Å². The topological polar surface area (TPSA) is 64.7 Å². The lowest BCUT2D eigenvalue weighted by molar-refractivity contribution is 0.102. The second-order valence-electron chi connectivity index (χ2n) is 5.34. The Balaban J connectivity index is 1.74. The van der Waals surface area contributed by atoms with Gasteiger partial charge in [0, 0.05) is 30.8 Å². The normalized spacial score (nSPS) is 10.7. The molecule has 3 rings (SSSR count). The fourth-order valence-electron chi connectivity index (χ4n) is 2.43. The molecule has 23 heavy (non-hydrogen) atoms. The maximum atomic E-state index is 12.4. The first-order chi connectivity index (χ1) is 11.2. The molecule has 1 N–H and O–H groups in total. The van der Waals surface area contributed by atoms with Gasteiger partial charge in [-0.05, 0) is 37.6 Å². The summed E-state index contributed by atoms with van der Waals surface area (Å²) >= 11 is 0. The summed E-state index contributed by atoms with van der Waals surface area (Å²) in [6, 6.07) is 9.66. The molecule has 2 aromatic heterocycles. The van der Waals surface area contributed by atoms with Gasteiger partial charge in [-0.25, -0.2) is 0 Å². The first kappa shape index (κ1) is 15.0. The molecule has 6 nitrogen and oxygen atoms in total. The lowest BCUT2D eigenvalue weighted by atomic mass is 10.2. The Bertz CT molecular complexity index is 804. The van der Waals surface area contributed by atoms with Crippen molar-refractivity contribution in [2.45, 2.75) is 26.9 Å². The van der Waals surface area contributed by atoms with E-state index in [1.807, 2.05) is 55.1 Å². The molecule has 0 fully saturated rings. The highest BCUT2D eigenvalue weighted by atomic mass is 16.1. The average Bonchev–Trinajstić information content (AvgIpc) is 3.17. The minimum Gasteiger partial charge on any atom is -0.322 e. The van der Waals surface area contributed by atoms with Crippen LogP contribution in [0.1, 0.15) is 28.5 Å². The summed E-state index contributed by atoms with van der Waals surface area (Å²) in [6.07, 6.45) is 5.44. The molecule has 0 bridgehead atoms. The number of nitrogens with zero attached hydrogens (tertiary/aromatic N) is 4. The molecule has 118 valence electrons. The second kappa shape index (κ2) is 6.48. The van der Waals surface area contributed by atoms with Gasteiger partial charge in [-0.2, -0.15) is 10.2 Å². The van der Waals surface area contributed by atoms with E-state index in [0.29, 0.717) is 12.1 Å². The number of hydrogen-bond donors (Lipinski definition) is 1. The van der Waals surface area contributed by atoms with Crippen LogP contribution in [0.15, 0.2) is 48.9 Å². The van der Waals surface area contributed by atoms with E-state index in [0.717, 1.165) is 23.5 Å². The molecule has 2 heterocycles. The SMILES string of the molecule is CCn1cc(C(=O)Nc2cccc(Cn3cccn3)c2)c(C)n1. The van der Waals surface area contributed by atoms with E-state index < -0.39 is 0 Å². The Morgan fingerprint density at radius 2 is 2.13 bits per heavy atom. The predicted molar refractivity (Wildman–Crippen MR) is 88.4 cm³/mol. The van der Waals surface area contributed by atoms with Crippen LogP contribution in [0.5, 0.6) is 0 Å². The van der Waals surface area contributed by atoms with Crippen molar-refractivity contribution < 1.29 is 4.79 Å². The van der Waals surface area contributed by atoms with Crippen LogP contribution in [0.2, 0.25) is 0 Å². The second-order valence-corrected chi connectivity index (χ2v) is 5.34. The fraction of sp³-hybridized carbons (Fsp3) is 0.235. The van der Waals surface area contributed by atoms with E-state index in [1.54, 1.807) is 17.1 Å². The fourth-order valence-corrected chi connectivity index (χ4v) is 2.43. The quantitative estimate of drug-likeness (QED) is 0.788. The number of aromatic nitrogens is 4. The first-order valence-electron chi connectivity index (χ1n) is 7.57. The average molecular weight is 309 g/mol. The van der Waals surface area contributed by atoms with Crippen molar-refractivity contribution in [2.75, 3.05) is 5.32 Å². The summed E-state index contributed by atoms with van der Waals surface area (Å²) in [6.45, 7) is 5.25. The van der Waals surface area contributed by atoms with E-state index >= 15 is 0 Å². The summed E-state index contributed by atoms with van der Waals surface area (Å²) in [5.74, 6) is -0.140. The summed E-state index contributed by atoms with van der Waals surface area (Å²) in [5, 5.41) is 11.4. The molecule has 0 radical (unpaired) electrons. The number of amides is 1. The van der Waals surface area contributed by atoms with Crippen LogP contribution < -0.4 is 5.32 Å². The number of carbonyl (C=O) groups is 1. The van der Waals surface area contributed by atoms with Crippen molar-refractivity contribution in [3.63, 3.8) is 0 Å². The van der Waals surface area contributed by atoms with Crippen molar-refractivity contribution in [1.29, 1.82) is 0 Å². The van der Waals surface area contributed by atoms with Crippen molar-refractivity contribution in [1.82, 2.24) is 19.6 Å². The lowest BCUT2D eigenvalue weighted by Crippen LogP contribution is -2.12. The summed E-state index contributed by atoms with van der Waals surface area (Å²) in [7, 11) is 0. The van der Waals surface area contributed by atoms with Gasteiger partial charge in [0.2, 0.25) is 0 Å². The summed E-state index contributed by atoms with van der Waals surface area (Å²) in [4.78, 5) is 12.4. The van der Waals surface area contributed by atoms with Gasteiger partial charge in [-0.1, -0.05) is 12.1 Å². The Labute approximate surface area is 134 Å². The maximum absolute atomic E-state index is 12.4. The van der Waals surface area contributed by atoms with Crippen molar-refractivity contribution >= 4 is 11.6 Å². The van der Waals surface area contributed by atoms with Gasteiger partial charge in [0.05, 0.1) is 17.8 Å². The van der Waals surface area contributed by atoms with Gasteiger partial charge < -0.3 is 5.32 Å². The van der Waals surface area contributed by atoms with Gasteiger partial charge in [0.15, 0.2) is 0 Å². The Morgan fingerprint density at radius 3 is 2.83 bits per heavy atom. The standard InChI is InChI=1S/C17H19N5O/c1-3-21-12-16(13(2)20-21)17(23)19-15-7-4-6-14(10-15)11-22-9-5-8-18-22/h4-10,12H,3,11H2,1-2H3,(H,19,23). The van der Waals surface area contributed by atoms with Gasteiger partial charge in [-0.15, -0.1) is 0 Å². The van der Waals surface area contributed by atoms with Crippen LogP contribution in [0.3, 0.4) is 0 Å². The summed E-state index contributed by atoms with van der Waals surface area (Å²) < 4.78 is 3.61. The molecule has 0 aliphatic carbocycles. The Morgan fingerprint density at radius 1 is 1.26 bits per heavy atom.